The summed E-state index contributed by atoms with van der Waals surface area (Å²) in [4.78, 5) is 0. The molecule has 0 amide bonds. The molecule has 94 valence electrons. The molecule has 1 atom stereocenters. The summed E-state index contributed by atoms with van der Waals surface area (Å²) in [5, 5.41) is 9.16. The zero-order valence-corrected chi connectivity index (χ0v) is 11.3. The number of benzene rings is 2. The van der Waals surface area contributed by atoms with Gasteiger partial charge in [-0.3, -0.25) is 0 Å². The highest BCUT2D eigenvalue weighted by Crippen LogP contribution is 2.20. The highest BCUT2D eigenvalue weighted by Gasteiger charge is 2.07. The first-order valence-corrected chi connectivity index (χ1v) is 6.37. The Morgan fingerprint density at radius 2 is 1.89 bits per heavy atom. The van der Waals surface area contributed by atoms with Crippen molar-refractivity contribution in [2.45, 2.75) is 6.04 Å². The number of rotatable bonds is 4. The number of hydrogen-bond donors (Lipinski definition) is 2. The van der Waals surface area contributed by atoms with Gasteiger partial charge in [0.25, 0.3) is 0 Å². The molecule has 4 heteroatoms. The van der Waals surface area contributed by atoms with Gasteiger partial charge in [0.1, 0.15) is 18.1 Å². The standard InChI is InChI=1S/C14H14BrNO2/c15-11-3-1-2-10(8-11)14(16)9-18-13-6-4-12(17)5-7-13/h1-8,14,17H,9,16H2. The number of ether oxygens (including phenoxy) is 1. The summed E-state index contributed by atoms with van der Waals surface area (Å²) in [5.41, 5.74) is 7.06. The molecule has 2 rings (SSSR count). The van der Waals surface area contributed by atoms with Crippen LogP contribution in [0.2, 0.25) is 0 Å². The van der Waals surface area contributed by atoms with Crippen LogP contribution in [0.5, 0.6) is 11.5 Å². The van der Waals surface area contributed by atoms with E-state index in [2.05, 4.69) is 15.9 Å². The molecule has 0 heterocycles. The minimum Gasteiger partial charge on any atom is -0.508 e. The Morgan fingerprint density at radius 3 is 2.56 bits per heavy atom. The molecule has 0 radical (unpaired) electrons. The second-order valence-electron chi connectivity index (χ2n) is 3.97. The van der Waals surface area contributed by atoms with Crippen LogP contribution in [0.15, 0.2) is 53.0 Å². The Morgan fingerprint density at radius 1 is 1.17 bits per heavy atom. The van der Waals surface area contributed by atoms with Gasteiger partial charge >= 0.3 is 0 Å². The molecule has 3 nitrogen and oxygen atoms in total. The molecule has 0 aliphatic rings. The molecular weight excluding hydrogens is 294 g/mol. The number of halogens is 1. The SMILES string of the molecule is NC(COc1ccc(O)cc1)c1cccc(Br)c1. The fraction of sp³-hybridized carbons (Fsp3) is 0.143. The van der Waals surface area contributed by atoms with Gasteiger partial charge in [0.05, 0.1) is 6.04 Å². The van der Waals surface area contributed by atoms with Crippen LogP contribution in [0.3, 0.4) is 0 Å². The van der Waals surface area contributed by atoms with Gasteiger partial charge in [0.15, 0.2) is 0 Å². The predicted molar refractivity (Wildman–Crippen MR) is 74.7 cm³/mol. The second kappa shape index (κ2) is 5.89. The lowest BCUT2D eigenvalue weighted by Crippen LogP contribution is -2.18. The fourth-order valence-electron chi connectivity index (χ4n) is 1.56. The Labute approximate surface area is 114 Å². The van der Waals surface area contributed by atoms with Crippen LogP contribution in [0.4, 0.5) is 0 Å². The summed E-state index contributed by atoms with van der Waals surface area (Å²) >= 11 is 3.41. The van der Waals surface area contributed by atoms with Crippen LogP contribution in [-0.4, -0.2) is 11.7 Å². The molecule has 3 N–H and O–H groups in total. The fourth-order valence-corrected chi connectivity index (χ4v) is 1.98. The summed E-state index contributed by atoms with van der Waals surface area (Å²) in [6.07, 6.45) is 0. The second-order valence-corrected chi connectivity index (χ2v) is 4.88. The normalized spacial score (nSPS) is 12.1. The van der Waals surface area contributed by atoms with Crippen molar-refractivity contribution in [1.82, 2.24) is 0 Å². The number of hydrogen-bond acceptors (Lipinski definition) is 3. The van der Waals surface area contributed by atoms with Gasteiger partial charge < -0.3 is 15.6 Å². The van der Waals surface area contributed by atoms with Crippen molar-refractivity contribution in [3.63, 3.8) is 0 Å². The van der Waals surface area contributed by atoms with E-state index in [9.17, 15) is 0 Å². The highest BCUT2D eigenvalue weighted by atomic mass is 79.9. The van der Waals surface area contributed by atoms with E-state index >= 15 is 0 Å². The molecule has 1 unspecified atom stereocenters. The maximum Gasteiger partial charge on any atom is 0.119 e. The number of aromatic hydroxyl groups is 1. The first kappa shape index (κ1) is 12.9. The quantitative estimate of drug-likeness (QED) is 0.912. The van der Waals surface area contributed by atoms with Gasteiger partial charge in [0.2, 0.25) is 0 Å². The monoisotopic (exact) mass is 307 g/mol. The van der Waals surface area contributed by atoms with E-state index in [1.165, 1.54) is 0 Å². The van der Waals surface area contributed by atoms with Crippen molar-refractivity contribution < 1.29 is 9.84 Å². The van der Waals surface area contributed by atoms with E-state index in [-0.39, 0.29) is 11.8 Å². The predicted octanol–water partition coefficient (Wildman–Crippen LogP) is 3.23. The molecule has 2 aromatic rings. The van der Waals surface area contributed by atoms with Crippen molar-refractivity contribution in [3.05, 3.63) is 58.6 Å². The van der Waals surface area contributed by atoms with Gasteiger partial charge in [-0.15, -0.1) is 0 Å². The minimum absolute atomic E-state index is 0.184. The van der Waals surface area contributed by atoms with Crippen LogP contribution in [-0.2, 0) is 0 Å². The van der Waals surface area contributed by atoms with Gasteiger partial charge in [0, 0.05) is 4.47 Å². The van der Waals surface area contributed by atoms with Gasteiger partial charge in [-0.25, -0.2) is 0 Å². The van der Waals surface area contributed by atoms with E-state index in [4.69, 9.17) is 15.6 Å². The molecule has 0 saturated heterocycles. The molecule has 0 saturated carbocycles. The van der Waals surface area contributed by atoms with Crippen LogP contribution in [0.25, 0.3) is 0 Å². The summed E-state index contributed by atoms with van der Waals surface area (Å²) in [5.74, 6) is 0.914. The van der Waals surface area contributed by atoms with Gasteiger partial charge in [-0.05, 0) is 42.0 Å². The highest BCUT2D eigenvalue weighted by molar-refractivity contribution is 9.10. The molecule has 0 aromatic heterocycles. The molecule has 0 fully saturated rings. The summed E-state index contributed by atoms with van der Waals surface area (Å²) in [6.45, 7) is 0.390. The Balaban J connectivity index is 1.96. The molecule has 0 aliphatic heterocycles. The number of phenolic OH excluding ortho intramolecular Hbond substituents is 1. The van der Waals surface area contributed by atoms with Gasteiger partial charge in [-0.2, -0.15) is 0 Å². The molecule has 0 aliphatic carbocycles. The van der Waals surface area contributed by atoms with Crippen molar-refractivity contribution in [2.75, 3.05) is 6.61 Å². The van der Waals surface area contributed by atoms with Crippen molar-refractivity contribution >= 4 is 15.9 Å². The van der Waals surface area contributed by atoms with E-state index in [1.54, 1.807) is 24.3 Å². The summed E-state index contributed by atoms with van der Waals surface area (Å²) < 4.78 is 6.57. The lowest BCUT2D eigenvalue weighted by Gasteiger charge is -2.14. The summed E-state index contributed by atoms with van der Waals surface area (Å²) in [6, 6.07) is 14.2. The molecule has 0 bridgehead atoms. The van der Waals surface area contributed by atoms with Crippen molar-refractivity contribution in [2.24, 2.45) is 5.73 Å². The zero-order chi connectivity index (χ0) is 13.0. The van der Waals surface area contributed by atoms with E-state index < -0.39 is 0 Å². The van der Waals surface area contributed by atoms with Crippen LogP contribution < -0.4 is 10.5 Å². The third-order valence-electron chi connectivity index (χ3n) is 2.54. The topological polar surface area (TPSA) is 55.5 Å². The van der Waals surface area contributed by atoms with Crippen LogP contribution in [0.1, 0.15) is 11.6 Å². The average molecular weight is 308 g/mol. The largest absolute Gasteiger partial charge is 0.508 e. The van der Waals surface area contributed by atoms with E-state index in [0.717, 1.165) is 10.0 Å². The van der Waals surface area contributed by atoms with Crippen LogP contribution in [0, 0.1) is 0 Å². The first-order chi connectivity index (χ1) is 8.65. The lowest BCUT2D eigenvalue weighted by molar-refractivity contribution is 0.290. The Bertz CT molecular complexity index is 513. The lowest BCUT2D eigenvalue weighted by atomic mass is 10.1. The molecule has 18 heavy (non-hydrogen) atoms. The zero-order valence-electron chi connectivity index (χ0n) is 9.71. The number of phenols is 1. The third-order valence-corrected chi connectivity index (χ3v) is 3.04. The smallest absolute Gasteiger partial charge is 0.119 e. The number of nitrogens with two attached hydrogens (primary N) is 1. The molecule has 0 spiro atoms. The van der Waals surface area contributed by atoms with E-state index in [0.29, 0.717) is 12.4 Å². The van der Waals surface area contributed by atoms with E-state index in [1.807, 2.05) is 24.3 Å². The third kappa shape index (κ3) is 3.48. The molecular formula is C14H14BrNO2. The van der Waals surface area contributed by atoms with Crippen LogP contribution >= 0.6 is 15.9 Å². The molecule has 2 aromatic carbocycles. The minimum atomic E-state index is -0.184. The van der Waals surface area contributed by atoms with Crippen molar-refractivity contribution in [1.29, 1.82) is 0 Å². The van der Waals surface area contributed by atoms with Crippen molar-refractivity contribution in [3.8, 4) is 11.5 Å². The summed E-state index contributed by atoms with van der Waals surface area (Å²) in [7, 11) is 0. The van der Waals surface area contributed by atoms with Gasteiger partial charge in [-0.1, -0.05) is 28.1 Å². The Hall–Kier alpha value is -1.52. The Kier molecular flexibility index (Phi) is 4.23. The first-order valence-electron chi connectivity index (χ1n) is 5.58. The average Bonchev–Trinajstić information content (AvgIpc) is 2.38. The maximum atomic E-state index is 9.16. The maximum absolute atomic E-state index is 9.16.